The van der Waals surface area contributed by atoms with Gasteiger partial charge in [0.15, 0.2) is 5.82 Å². The van der Waals surface area contributed by atoms with E-state index in [0.717, 1.165) is 31.0 Å². The van der Waals surface area contributed by atoms with E-state index in [0.29, 0.717) is 12.2 Å². The quantitative estimate of drug-likeness (QED) is 0.551. The molecule has 0 bridgehead atoms. The van der Waals surface area contributed by atoms with Gasteiger partial charge in [-0.3, -0.25) is 0 Å². The van der Waals surface area contributed by atoms with E-state index in [1.807, 2.05) is 10.6 Å². The van der Waals surface area contributed by atoms with Crippen LogP contribution in [-0.4, -0.2) is 19.6 Å². The predicted octanol–water partition coefficient (Wildman–Crippen LogP) is 4.51. The number of nitrogens with one attached hydrogen (secondary N) is 1. The van der Waals surface area contributed by atoms with Gasteiger partial charge in [0.2, 0.25) is 0 Å². The Kier molecular flexibility index (Phi) is 4.72. The van der Waals surface area contributed by atoms with Crippen LogP contribution < -0.4 is 5.32 Å². The van der Waals surface area contributed by atoms with Gasteiger partial charge in [0, 0.05) is 18.5 Å². The third-order valence-corrected chi connectivity index (χ3v) is 5.59. The Morgan fingerprint density at radius 3 is 2.52 bits per heavy atom. The Bertz CT molecular complexity index is 1130. The predicted molar refractivity (Wildman–Crippen MR) is 115 cm³/mol. The Labute approximate surface area is 170 Å². The average Bonchev–Trinajstić information content (AvgIpc) is 3.15. The summed E-state index contributed by atoms with van der Waals surface area (Å²) < 4.78 is 1.91. The Balaban J connectivity index is 1.51. The number of fused-ring (bicyclic) bond motifs is 2. The fraction of sp³-hybridized carbons (Fsp3) is 0.292. The first kappa shape index (κ1) is 17.9. The van der Waals surface area contributed by atoms with E-state index in [4.69, 9.17) is 15.1 Å². The molecule has 0 atom stereocenters. The summed E-state index contributed by atoms with van der Waals surface area (Å²) in [5.74, 6) is 2.56. The van der Waals surface area contributed by atoms with Crippen LogP contribution in [0.15, 0.2) is 54.6 Å². The normalized spacial score (nSPS) is 13.4. The van der Waals surface area contributed by atoms with Crippen molar-refractivity contribution in [3.63, 3.8) is 0 Å². The molecule has 2 aromatic heterocycles. The number of aryl methyl sites for hydroxylation is 2. The Morgan fingerprint density at radius 1 is 0.897 bits per heavy atom. The fourth-order valence-electron chi connectivity index (χ4n) is 4.01. The highest BCUT2D eigenvalue weighted by molar-refractivity contribution is 5.54. The third kappa shape index (κ3) is 3.73. The maximum Gasteiger partial charge on any atom is 0.254 e. The Morgan fingerprint density at radius 2 is 1.69 bits per heavy atom. The van der Waals surface area contributed by atoms with Gasteiger partial charge < -0.3 is 5.32 Å². The van der Waals surface area contributed by atoms with Crippen molar-refractivity contribution in [1.82, 2.24) is 19.6 Å². The van der Waals surface area contributed by atoms with Gasteiger partial charge in [-0.2, -0.15) is 9.50 Å². The van der Waals surface area contributed by atoms with E-state index in [1.165, 1.54) is 40.8 Å². The van der Waals surface area contributed by atoms with Crippen molar-refractivity contribution in [1.29, 1.82) is 0 Å². The van der Waals surface area contributed by atoms with E-state index in [-0.39, 0.29) is 0 Å². The van der Waals surface area contributed by atoms with Gasteiger partial charge in [-0.25, -0.2) is 4.98 Å². The molecule has 4 aromatic rings. The lowest BCUT2D eigenvalue weighted by atomic mass is 9.96. The van der Waals surface area contributed by atoms with Gasteiger partial charge in [-0.15, -0.1) is 5.10 Å². The van der Waals surface area contributed by atoms with Crippen LogP contribution in [0.5, 0.6) is 0 Å². The van der Waals surface area contributed by atoms with Crippen molar-refractivity contribution in [2.75, 3.05) is 5.32 Å². The molecule has 2 heterocycles. The van der Waals surface area contributed by atoms with Crippen LogP contribution in [0.2, 0.25) is 0 Å². The second-order valence-electron chi connectivity index (χ2n) is 7.83. The number of aromatic nitrogens is 4. The summed E-state index contributed by atoms with van der Waals surface area (Å²) in [7, 11) is 0. The number of rotatable bonds is 5. The average molecular weight is 383 g/mol. The lowest BCUT2D eigenvalue weighted by molar-refractivity contribution is 0.660. The van der Waals surface area contributed by atoms with Crippen molar-refractivity contribution in [3.05, 3.63) is 88.4 Å². The molecule has 0 radical (unpaired) electrons. The van der Waals surface area contributed by atoms with Gasteiger partial charge in [0.25, 0.3) is 5.78 Å². The van der Waals surface area contributed by atoms with Gasteiger partial charge in [-0.1, -0.05) is 60.2 Å². The zero-order chi connectivity index (χ0) is 19.6. The maximum absolute atomic E-state index is 4.86. The summed E-state index contributed by atoms with van der Waals surface area (Å²) in [6.45, 7) is 2.87. The minimum Gasteiger partial charge on any atom is -0.366 e. The highest BCUT2D eigenvalue weighted by Gasteiger charge is 2.20. The van der Waals surface area contributed by atoms with Crippen LogP contribution in [0.1, 0.15) is 46.6 Å². The van der Waals surface area contributed by atoms with Gasteiger partial charge >= 0.3 is 0 Å². The summed E-state index contributed by atoms with van der Waals surface area (Å²) >= 11 is 0. The molecule has 29 heavy (non-hydrogen) atoms. The molecule has 0 amide bonds. The molecule has 5 heteroatoms. The second kappa shape index (κ2) is 7.66. The van der Waals surface area contributed by atoms with E-state index in [9.17, 15) is 0 Å². The first-order valence-corrected chi connectivity index (χ1v) is 10.4. The summed E-state index contributed by atoms with van der Waals surface area (Å²) in [6.07, 6.45) is 5.17. The molecule has 5 rings (SSSR count). The number of nitrogens with zero attached hydrogens (tertiary/aromatic N) is 4. The first-order valence-electron chi connectivity index (χ1n) is 10.4. The van der Waals surface area contributed by atoms with Crippen LogP contribution in [0.4, 0.5) is 5.82 Å². The van der Waals surface area contributed by atoms with Crippen LogP contribution >= 0.6 is 0 Å². The van der Waals surface area contributed by atoms with E-state index in [1.54, 1.807) is 0 Å². The minimum absolute atomic E-state index is 0.698. The van der Waals surface area contributed by atoms with Crippen LogP contribution in [0, 0.1) is 6.92 Å². The lowest BCUT2D eigenvalue weighted by Crippen LogP contribution is -2.15. The smallest absolute Gasteiger partial charge is 0.254 e. The highest BCUT2D eigenvalue weighted by Crippen LogP contribution is 2.28. The molecular formula is C24H25N5. The molecule has 146 valence electrons. The summed E-state index contributed by atoms with van der Waals surface area (Å²) in [4.78, 5) is 9.61. The number of benzene rings is 2. The second-order valence-corrected chi connectivity index (χ2v) is 7.83. The maximum atomic E-state index is 4.86. The van der Waals surface area contributed by atoms with Gasteiger partial charge in [0.05, 0.1) is 5.69 Å². The molecule has 1 N–H and O–H groups in total. The summed E-state index contributed by atoms with van der Waals surface area (Å²) in [6, 6.07) is 19.0. The Hall–Kier alpha value is -3.21. The van der Waals surface area contributed by atoms with Crippen LogP contribution in [-0.2, 0) is 25.8 Å². The van der Waals surface area contributed by atoms with E-state index < -0.39 is 0 Å². The SMILES string of the molecule is Cc1ccc(Cc2nc3nc4c(c(NCc5ccccc5)n3n2)CCCC4)cc1. The standard InChI is InChI=1S/C24H25N5/c1-17-11-13-18(14-12-17)15-22-27-24-26-21-10-6-5-9-20(21)23(29(24)28-22)25-16-19-7-3-2-4-8-19/h2-4,7-8,11-14,25H,5-6,9-10,15-16H2,1H3. The molecule has 1 aliphatic carbocycles. The first-order chi connectivity index (χ1) is 14.3. The molecule has 2 aromatic carbocycles. The van der Waals surface area contributed by atoms with Crippen molar-refractivity contribution in [2.24, 2.45) is 0 Å². The fourth-order valence-corrected chi connectivity index (χ4v) is 4.01. The van der Waals surface area contributed by atoms with E-state index in [2.05, 4.69) is 60.8 Å². The van der Waals surface area contributed by atoms with Crippen molar-refractivity contribution < 1.29 is 0 Å². The van der Waals surface area contributed by atoms with Crippen LogP contribution in [0.25, 0.3) is 5.78 Å². The molecule has 1 aliphatic rings. The molecule has 0 saturated heterocycles. The molecular weight excluding hydrogens is 358 g/mol. The van der Waals surface area contributed by atoms with Crippen LogP contribution in [0.3, 0.4) is 0 Å². The monoisotopic (exact) mass is 383 g/mol. The molecule has 0 aliphatic heterocycles. The van der Waals surface area contributed by atoms with Crippen molar-refractivity contribution in [3.8, 4) is 0 Å². The molecule has 0 unspecified atom stereocenters. The number of anilines is 1. The zero-order valence-electron chi connectivity index (χ0n) is 16.7. The van der Waals surface area contributed by atoms with Crippen molar-refractivity contribution in [2.45, 2.75) is 45.6 Å². The van der Waals surface area contributed by atoms with Crippen molar-refractivity contribution >= 4 is 11.6 Å². The number of hydrogen-bond acceptors (Lipinski definition) is 4. The largest absolute Gasteiger partial charge is 0.366 e. The lowest BCUT2D eigenvalue weighted by Gasteiger charge is -2.20. The summed E-state index contributed by atoms with van der Waals surface area (Å²) in [5.41, 5.74) is 6.20. The minimum atomic E-state index is 0.698. The van der Waals surface area contributed by atoms with E-state index >= 15 is 0 Å². The highest BCUT2D eigenvalue weighted by atomic mass is 15.4. The topological polar surface area (TPSA) is 55.1 Å². The van der Waals surface area contributed by atoms with Gasteiger partial charge in [-0.05, 0) is 43.7 Å². The van der Waals surface area contributed by atoms with Gasteiger partial charge in [0.1, 0.15) is 5.82 Å². The number of hydrogen-bond donors (Lipinski definition) is 1. The third-order valence-electron chi connectivity index (χ3n) is 5.59. The molecule has 0 saturated carbocycles. The summed E-state index contributed by atoms with van der Waals surface area (Å²) in [5, 5.41) is 8.47. The molecule has 5 nitrogen and oxygen atoms in total. The molecule has 0 fully saturated rings. The molecule has 0 spiro atoms. The zero-order valence-corrected chi connectivity index (χ0v) is 16.7.